The molecule has 3 rings (SSSR count). The molecule has 1 aromatic heterocycles. The van der Waals surface area contributed by atoms with E-state index in [2.05, 4.69) is 14.6 Å². The number of hydrogen-bond acceptors (Lipinski definition) is 8. The summed E-state index contributed by atoms with van der Waals surface area (Å²) in [5.41, 5.74) is 0.909. The van der Waals surface area contributed by atoms with Crippen molar-refractivity contribution in [1.82, 2.24) is 25.0 Å². The molecule has 0 aliphatic carbocycles. The summed E-state index contributed by atoms with van der Waals surface area (Å²) in [5, 5.41) is 17.0. The van der Waals surface area contributed by atoms with E-state index >= 15 is 0 Å². The summed E-state index contributed by atoms with van der Waals surface area (Å²) in [5.74, 6) is 0. The first kappa shape index (κ1) is 17.3. The molecule has 11 nitrogen and oxygen atoms in total. The van der Waals surface area contributed by atoms with Gasteiger partial charge in [-0.05, 0) is 6.08 Å². The van der Waals surface area contributed by atoms with E-state index in [-0.39, 0.29) is 49.3 Å². The number of aromatic nitrogens is 3. The van der Waals surface area contributed by atoms with Crippen molar-refractivity contribution in [1.29, 1.82) is 0 Å². The Morgan fingerprint density at radius 3 is 2.82 bits per heavy atom. The van der Waals surface area contributed by atoms with Crippen LogP contribution in [0.4, 0.5) is 4.79 Å². The van der Waals surface area contributed by atoms with E-state index in [1.165, 1.54) is 15.8 Å². The van der Waals surface area contributed by atoms with Crippen LogP contribution < -0.4 is 29.6 Å². The number of carbonyl (C=O) groups excluding carboxylic acids is 1. The molecule has 1 N–H and O–H groups in total. The number of nitrogens with zero attached hydrogens (tertiary/aromatic N) is 5. The van der Waals surface area contributed by atoms with Crippen molar-refractivity contribution in [3.05, 3.63) is 18.0 Å². The maximum atomic E-state index is 11.9. The van der Waals surface area contributed by atoms with Crippen LogP contribution >= 0.6 is 0 Å². The van der Waals surface area contributed by atoms with Gasteiger partial charge in [0.05, 0.1) is 25.0 Å². The molecule has 2 aliphatic heterocycles. The number of hydrogen-bond donors (Lipinski definition) is 1. The summed E-state index contributed by atoms with van der Waals surface area (Å²) >= 11 is 0. The van der Waals surface area contributed by atoms with E-state index in [4.69, 9.17) is 5.11 Å². The first-order valence-corrected chi connectivity index (χ1v) is 7.17. The predicted molar refractivity (Wildman–Crippen MR) is 63.6 cm³/mol. The van der Waals surface area contributed by atoms with Gasteiger partial charge < -0.3 is 14.6 Å². The zero-order valence-corrected chi connectivity index (χ0v) is 14.3. The second-order valence-corrected chi connectivity index (χ2v) is 5.48. The van der Waals surface area contributed by atoms with Crippen LogP contribution in [0.15, 0.2) is 12.3 Å². The summed E-state index contributed by atoms with van der Waals surface area (Å²) in [4.78, 5) is 13.2. The van der Waals surface area contributed by atoms with Gasteiger partial charge in [-0.1, -0.05) is 5.21 Å². The number of aliphatic hydroxyl groups is 1. The molecule has 1 aromatic rings. The Hall–Kier alpha value is -1.02. The molecule has 1 saturated heterocycles. The van der Waals surface area contributed by atoms with Gasteiger partial charge in [0.15, 0.2) is 0 Å². The number of aliphatic hydroxyl groups excluding tert-OH is 1. The molecule has 1 atom stereocenters. The van der Waals surface area contributed by atoms with Gasteiger partial charge in [0.2, 0.25) is 10.4 Å². The van der Waals surface area contributed by atoms with Crippen LogP contribution in [0.2, 0.25) is 0 Å². The van der Waals surface area contributed by atoms with Gasteiger partial charge in [0.1, 0.15) is 11.7 Å². The molecule has 2 bridgehead atoms. The zero-order valence-electron chi connectivity index (χ0n) is 11.5. The Balaban J connectivity index is 0.00000176. The van der Waals surface area contributed by atoms with Gasteiger partial charge in [-0.25, -0.2) is 17.9 Å². The Kier molecular flexibility index (Phi) is 4.91. The van der Waals surface area contributed by atoms with Crippen LogP contribution in [0.1, 0.15) is 5.69 Å². The number of fused-ring (bicyclic) bond motifs is 2. The van der Waals surface area contributed by atoms with E-state index in [9.17, 15) is 17.8 Å². The van der Waals surface area contributed by atoms with E-state index in [1.54, 1.807) is 6.08 Å². The normalized spacial score (nSPS) is 20.9. The van der Waals surface area contributed by atoms with Gasteiger partial charge in [0.25, 0.3) is 0 Å². The van der Waals surface area contributed by atoms with Crippen LogP contribution in [0.5, 0.6) is 0 Å². The third-order valence-electron chi connectivity index (χ3n) is 3.07. The third kappa shape index (κ3) is 3.32. The molecule has 2 amide bonds. The van der Waals surface area contributed by atoms with Crippen LogP contribution in [0, 0.1) is 0 Å². The molecule has 0 aromatic carbocycles. The monoisotopic (exact) mass is 339 g/mol. The minimum absolute atomic E-state index is 0. The number of amides is 2. The summed E-state index contributed by atoms with van der Waals surface area (Å²) < 4.78 is 37.5. The Morgan fingerprint density at radius 1 is 1.50 bits per heavy atom. The van der Waals surface area contributed by atoms with E-state index in [0.717, 1.165) is 0 Å². The summed E-state index contributed by atoms with van der Waals surface area (Å²) in [6.45, 7) is 0.0880. The number of hydroxylamine groups is 2. The number of carbonyl (C=O) groups is 1. The first-order chi connectivity index (χ1) is 9.87. The molecule has 13 heteroatoms. The summed E-state index contributed by atoms with van der Waals surface area (Å²) in [6.07, 6.45) is 3.04. The van der Waals surface area contributed by atoms with Crippen LogP contribution in [-0.4, -0.2) is 68.2 Å². The fourth-order valence-electron chi connectivity index (χ4n) is 2.23. The van der Waals surface area contributed by atoms with Gasteiger partial charge in [-0.2, -0.15) is 9.35 Å². The van der Waals surface area contributed by atoms with Crippen molar-refractivity contribution in [3.63, 3.8) is 0 Å². The topological polar surface area (TPSA) is 141 Å². The van der Waals surface area contributed by atoms with E-state index in [0.29, 0.717) is 16.5 Å². The summed E-state index contributed by atoms with van der Waals surface area (Å²) in [7, 11) is -5.03. The third-order valence-corrected chi connectivity index (χ3v) is 3.42. The Morgan fingerprint density at radius 2 is 2.23 bits per heavy atom. The van der Waals surface area contributed by atoms with Crippen molar-refractivity contribution < 1.29 is 56.7 Å². The standard InChI is InChI=1S/C9H11N5O6S.Na/c15-5-6-2-13(11-10-6)7-1-8-4-12(3-7)9(16)14(8)20-21(17,18)19;/h1-2,8,15H,3-5H2,(H,17,18,19);/q;+1/p-1. The second kappa shape index (κ2) is 6.23. The summed E-state index contributed by atoms with van der Waals surface area (Å²) in [6, 6.07) is -1.43. The Labute approximate surface area is 147 Å². The van der Waals surface area contributed by atoms with Crippen molar-refractivity contribution in [2.75, 3.05) is 13.1 Å². The maximum absolute atomic E-state index is 11.9. The molecular formula is C9H10N5NaO6S. The van der Waals surface area contributed by atoms with Gasteiger partial charge in [0, 0.05) is 6.54 Å². The van der Waals surface area contributed by atoms with Crippen molar-refractivity contribution in [3.8, 4) is 0 Å². The molecule has 0 saturated carbocycles. The fourth-order valence-corrected chi connectivity index (χ4v) is 2.60. The largest absolute Gasteiger partial charge is 1.00 e. The number of rotatable bonds is 4. The Bertz CT molecular complexity index is 718. The predicted octanol–water partition coefficient (Wildman–Crippen LogP) is -4.87. The number of urea groups is 1. The van der Waals surface area contributed by atoms with Crippen molar-refractivity contribution in [2.45, 2.75) is 12.6 Å². The molecule has 2 aliphatic rings. The SMILES string of the molecule is O=C1N2CC(n3cc(CO)nn3)=CC(C2)N1OS(=O)(=O)[O-].[Na+]. The molecule has 3 heterocycles. The molecule has 114 valence electrons. The molecule has 0 radical (unpaired) electrons. The van der Waals surface area contributed by atoms with Gasteiger partial charge in [-0.15, -0.1) is 5.10 Å². The fraction of sp³-hybridized carbons (Fsp3) is 0.444. The molecule has 22 heavy (non-hydrogen) atoms. The van der Waals surface area contributed by atoms with Crippen LogP contribution in [0.3, 0.4) is 0 Å². The molecule has 0 spiro atoms. The molecular weight excluding hydrogens is 329 g/mol. The quantitative estimate of drug-likeness (QED) is 0.327. The van der Waals surface area contributed by atoms with E-state index in [1.807, 2.05) is 0 Å². The minimum Gasteiger partial charge on any atom is -0.724 e. The average Bonchev–Trinajstić information content (AvgIpc) is 2.97. The molecule has 1 fully saturated rings. The van der Waals surface area contributed by atoms with Gasteiger partial charge >= 0.3 is 35.6 Å². The van der Waals surface area contributed by atoms with Gasteiger partial charge in [-0.3, -0.25) is 0 Å². The smallest absolute Gasteiger partial charge is 0.724 e. The van der Waals surface area contributed by atoms with E-state index < -0.39 is 22.5 Å². The molecule has 1 unspecified atom stereocenters. The maximum Gasteiger partial charge on any atom is 1.00 e. The minimum atomic E-state index is -5.03. The average molecular weight is 339 g/mol. The zero-order chi connectivity index (χ0) is 15.2. The van der Waals surface area contributed by atoms with Crippen LogP contribution in [0.25, 0.3) is 5.70 Å². The first-order valence-electron chi connectivity index (χ1n) is 5.84. The second-order valence-electron chi connectivity index (χ2n) is 4.51. The van der Waals surface area contributed by atoms with Crippen molar-refractivity contribution >= 4 is 22.1 Å². The van der Waals surface area contributed by atoms with Crippen LogP contribution in [-0.2, 0) is 21.3 Å². The van der Waals surface area contributed by atoms with Crippen molar-refractivity contribution in [2.24, 2.45) is 0 Å².